The first kappa shape index (κ1) is 17.3. The number of ether oxygens (including phenoxy) is 1. The van der Waals surface area contributed by atoms with E-state index in [1.54, 1.807) is 32.0 Å². The summed E-state index contributed by atoms with van der Waals surface area (Å²) in [6, 6.07) is 4.97. The third kappa shape index (κ3) is 3.45. The largest absolute Gasteiger partial charge is 0.481 e. The Morgan fingerprint density at radius 2 is 1.92 bits per heavy atom. The fourth-order valence-electron chi connectivity index (χ4n) is 3.36. The maximum atomic E-state index is 12.5. The number of hydrogen-bond donors (Lipinski definition) is 3. The van der Waals surface area contributed by atoms with Crippen LogP contribution in [0.4, 0.5) is 11.4 Å². The molecule has 1 fully saturated rings. The molecule has 1 aromatic rings. The van der Waals surface area contributed by atoms with Gasteiger partial charge in [0.1, 0.15) is 5.75 Å². The van der Waals surface area contributed by atoms with Crippen molar-refractivity contribution in [1.82, 2.24) is 0 Å². The molecule has 0 saturated heterocycles. The highest BCUT2D eigenvalue weighted by atomic mass is 16.5. The minimum absolute atomic E-state index is 0.233. The van der Waals surface area contributed by atoms with Gasteiger partial charge in [-0.25, -0.2) is 0 Å². The van der Waals surface area contributed by atoms with Crippen molar-refractivity contribution in [2.45, 2.75) is 45.1 Å². The van der Waals surface area contributed by atoms with Crippen molar-refractivity contribution in [2.75, 3.05) is 10.6 Å². The third-order valence-corrected chi connectivity index (χ3v) is 4.83. The van der Waals surface area contributed by atoms with Gasteiger partial charge in [-0.1, -0.05) is 12.8 Å². The molecule has 134 valence electrons. The van der Waals surface area contributed by atoms with Crippen LogP contribution in [-0.4, -0.2) is 28.5 Å². The van der Waals surface area contributed by atoms with Gasteiger partial charge in [0.25, 0.3) is 5.91 Å². The number of carbonyl (C=O) groups excluding carboxylic acids is 2. The van der Waals surface area contributed by atoms with Gasteiger partial charge in [-0.2, -0.15) is 0 Å². The first-order chi connectivity index (χ1) is 11.8. The van der Waals surface area contributed by atoms with Crippen molar-refractivity contribution < 1.29 is 24.2 Å². The number of fused-ring (bicyclic) bond motifs is 1. The molecule has 2 atom stereocenters. The molecule has 1 aliphatic heterocycles. The van der Waals surface area contributed by atoms with E-state index >= 15 is 0 Å². The first-order valence-electron chi connectivity index (χ1n) is 8.46. The number of benzene rings is 1. The minimum atomic E-state index is -0.993. The molecule has 7 nitrogen and oxygen atoms in total. The number of carboxylic acid groups (broad SMARTS) is 1. The molecular weight excluding hydrogens is 324 g/mol. The molecule has 1 aromatic carbocycles. The lowest BCUT2D eigenvalue weighted by molar-refractivity contribution is -0.147. The molecule has 0 bridgehead atoms. The Hall–Kier alpha value is -2.57. The van der Waals surface area contributed by atoms with Gasteiger partial charge >= 0.3 is 5.97 Å². The van der Waals surface area contributed by atoms with E-state index in [1.165, 1.54) is 0 Å². The smallest absolute Gasteiger partial charge is 0.307 e. The van der Waals surface area contributed by atoms with Crippen LogP contribution in [0.25, 0.3) is 0 Å². The third-order valence-electron chi connectivity index (χ3n) is 4.83. The SMILES string of the molecule is CC1(C)Oc2cc(NC(=O)[C@H]3CCCC[C@@H]3C(=O)O)ccc2NC1=O. The summed E-state index contributed by atoms with van der Waals surface area (Å²) in [5.41, 5.74) is 0.0711. The van der Waals surface area contributed by atoms with E-state index in [0.29, 0.717) is 30.0 Å². The van der Waals surface area contributed by atoms with E-state index in [2.05, 4.69) is 10.6 Å². The van der Waals surface area contributed by atoms with Gasteiger partial charge < -0.3 is 20.5 Å². The summed E-state index contributed by atoms with van der Waals surface area (Å²) < 4.78 is 5.70. The van der Waals surface area contributed by atoms with Gasteiger partial charge in [-0.15, -0.1) is 0 Å². The molecule has 1 saturated carbocycles. The highest BCUT2D eigenvalue weighted by molar-refractivity contribution is 6.01. The molecule has 3 N–H and O–H groups in total. The molecule has 0 unspecified atom stereocenters. The topological polar surface area (TPSA) is 105 Å². The van der Waals surface area contributed by atoms with E-state index in [1.807, 2.05) is 0 Å². The highest BCUT2D eigenvalue weighted by Gasteiger charge is 2.37. The Morgan fingerprint density at radius 3 is 2.60 bits per heavy atom. The molecule has 7 heteroatoms. The van der Waals surface area contributed by atoms with Crippen LogP contribution < -0.4 is 15.4 Å². The first-order valence-corrected chi connectivity index (χ1v) is 8.46. The van der Waals surface area contributed by atoms with Gasteiger partial charge in [-0.05, 0) is 38.8 Å². The average molecular weight is 346 g/mol. The second-order valence-corrected chi connectivity index (χ2v) is 7.10. The summed E-state index contributed by atoms with van der Waals surface area (Å²) in [4.78, 5) is 35.8. The molecule has 2 aliphatic rings. The van der Waals surface area contributed by atoms with Crippen LogP contribution in [0.2, 0.25) is 0 Å². The highest BCUT2D eigenvalue weighted by Crippen LogP contribution is 2.36. The Balaban J connectivity index is 1.76. The molecule has 1 heterocycles. The standard InChI is InChI=1S/C18H22N2O5/c1-18(2)17(24)20-13-8-7-10(9-14(13)25-18)19-15(21)11-5-3-4-6-12(11)16(22)23/h7-9,11-12H,3-6H2,1-2H3,(H,19,21)(H,20,24)(H,22,23)/t11-,12-/m0/s1. The quantitative estimate of drug-likeness (QED) is 0.780. The van der Waals surface area contributed by atoms with Crippen LogP contribution >= 0.6 is 0 Å². The minimum Gasteiger partial charge on any atom is -0.481 e. The molecular formula is C18H22N2O5. The zero-order valence-corrected chi connectivity index (χ0v) is 14.3. The van der Waals surface area contributed by atoms with Crippen molar-refractivity contribution >= 4 is 29.2 Å². The second-order valence-electron chi connectivity index (χ2n) is 7.10. The predicted octanol–water partition coefficient (Wildman–Crippen LogP) is 2.63. The summed E-state index contributed by atoms with van der Waals surface area (Å²) in [5, 5.41) is 14.9. The van der Waals surface area contributed by atoms with E-state index in [0.717, 1.165) is 12.8 Å². The van der Waals surface area contributed by atoms with Crippen LogP contribution in [0, 0.1) is 11.8 Å². The predicted molar refractivity (Wildman–Crippen MR) is 91.5 cm³/mol. The second kappa shape index (κ2) is 6.38. The van der Waals surface area contributed by atoms with Crippen LogP contribution in [0.1, 0.15) is 39.5 Å². The summed E-state index contributed by atoms with van der Waals surface area (Å²) in [6.45, 7) is 3.33. The van der Waals surface area contributed by atoms with Gasteiger partial charge in [0.15, 0.2) is 5.60 Å². The number of nitrogens with one attached hydrogen (secondary N) is 2. The molecule has 0 aromatic heterocycles. The Kier molecular flexibility index (Phi) is 4.41. The molecule has 1 aliphatic carbocycles. The Bertz CT molecular complexity index is 728. The van der Waals surface area contributed by atoms with Crippen molar-refractivity contribution in [3.63, 3.8) is 0 Å². The number of anilines is 2. The van der Waals surface area contributed by atoms with E-state index in [4.69, 9.17) is 4.74 Å². The molecule has 25 heavy (non-hydrogen) atoms. The number of amides is 2. The van der Waals surface area contributed by atoms with Crippen LogP contribution in [-0.2, 0) is 14.4 Å². The maximum Gasteiger partial charge on any atom is 0.307 e. The van der Waals surface area contributed by atoms with E-state index < -0.39 is 23.4 Å². The molecule has 2 amide bonds. The summed E-state index contributed by atoms with van der Waals surface area (Å²) in [7, 11) is 0. The summed E-state index contributed by atoms with van der Waals surface area (Å²) in [5.74, 6) is -2.13. The lowest BCUT2D eigenvalue weighted by atomic mass is 9.78. The van der Waals surface area contributed by atoms with Crippen molar-refractivity contribution in [3.8, 4) is 5.75 Å². The lowest BCUT2D eigenvalue weighted by Crippen LogP contribution is -2.45. The van der Waals surface area contributed by atoms with Gasteiger partial charge in [0.05, 0.1) is 17.5 Å². The van der Waals surface area contributed by atoms with Crippen molar-refractivity contribution in [1.29, 1.82) is 0 Å². The zero-order valence-electron chi connectivity index (χ0n) is 14.3. The number of aliphatic carboxylic acids is 1. The lowest BCUT2D eigenvalue weighted by Gasteiger charge is -2.32. The van der Waals surface area contributed by atoms with Gasteiger partial charge in [0, 0.05) is 11.8 Å². The van der Waals surface area contributed by atoms with Gasteiger partial charge in [0.2, 0.25) is 5.91 Å². The van der Waals surface area contributed by atoms with Crippen LogP contribution in [0.5, 0.6) is 5.75 Å². The molecule has 0 radical (unpaired) electrons. The Morgan fingerprint density at radius 1 is 1.24 bits per heavy atom. The van der Waals surface area contributed by atoms with E-state index in [9.17, 15) is 19.5 Å². The van der Waals surface area contributed by atoms with Crippen LogP contribution in [0.15, 0.2) is 18.2 Å². The normalized spacial score (nSPS) is 24.5. The molecule has 3 rings (SSSR count). The Labute approximate surface area is 145 Å². The van der Waals surface area contributed by atoms with Crippen molar-refractivity contribution in [3.05, 3.63) is 18.2 Å². The summed E-state index contributed by atoms with van der Waals surface area (Å²) >= 11 is 0. The summed E-state index contributed by atoms with van der Waals surface area (Å²) in [6.07, 6.45) is 2.80. The van der Waals surface area contributed by atoms with Crippen molar-refractivity contribution in [2.24, 2.45) is 11.8 Å². The van der Waals surface area contributed by atoms with E-state index in [-0.39, 0.29) is 11.8 Å². The zero-order chi connectivity index (χ0) is 18.2. The fourth-order valence-corrected chi connectivity index (χ4v) is 3.36. The number of hydrogen-bond acceptors (Lipinski definition) is 4. The number of rotatable bonds is 3. The molecule has 0 spiro atoms. The fraction of sp³-hybridized carbons (Fsp3) is 0.500. The number of carboxylic acids is 1. The monoisotopic (exact) mass is 346 g/mol. The number of carbonyl (C=O) groups is 3. The van der Waals surface area contributed by atoms with Gasteiger partial charge in [-0.3, -0.25) is 14.4 Å². The average Bonchev–Trinajstić information content (AvgIpc) is 2.55. The van der Waals surface area contributed by atoms with Crippen LogP contribution in [0.3, 0.4) is 0 Å². The maximum absolute atomic E-state index is 12.5.